The smallest absolute Gasteiger partial charge is 0.168 e. The van der Waals surface area contributed by atoms with Gasteiger partial charge in [0.1, 0.15) is 0 Å². The fourth-order valence-corrected chi connectivity index (χ4v) is 2.47. The van der Waals surface area contributed by atoms with Crippen LogP contribution in [-0.4, -0.2) is 19.0 Å². The molecule has 0 aromatic rings. The van der Waals surface area contributed by atoms with Gasteiger partial charge in [-0.2, -0.15) is 0 Å². The molecule has 1 saturated carbocycles. The van der Waals surface area contributed by atoms with Crippen molar-refractivity contribution in [3.8, 4) is 0 Å². The van der Waals surface area contributed by atoms with Gasteiger partial charge in [0.15, 0.2) is 5.79 Å². The van der Waals surface area contributed by atoms with Crippen LogP contribution >= 0.6 is 0 Å². The number of hydrogen-bond donors (Lipinski definition) is 0. The van der Waals surface area contributed by atoms with Crippen molar-refractivity contribution in [2.24, 2.45) is 5.41 Å². The minimum absolute atomic E-state index is 0.202. The molecule has 0 radical (unpaired) electrons. The second kappa shape index (κ2) is 4.42. The molecule has 0 amide bonds. The molecule has 2 rings (SSSR count). The molecule has 0 bridgehead atoms. The Hall–Kier alpha value is -0.0800. The van der Waals surface area contributed by atoms with Crippen molar-refractivity contribution < 1.29 is 9.47 Å². The van der Waals surface area contributed by atoms with Crippen molar-refractivity contribution in [3.63, 3.8) is 0 Å². The third-order valence-corrected chi connectivity index (χ3v) is 3.57. The summed E-state index contributed by atoms with van der Waals surface area (Å²) in [4.78, 5) is 0. The lowest BCUT2D eigenvalue weighted by Gasteiger charge is -2.44. The van der Waals surface area contributed by atoms with Crippen LogP contribution in [0.1, 0.15) is 58.8 Å². The van der Waals surface area contributed by atoms with Crippen LogP contribution in [0, 0.1) is 5.41 Å². The van der Waals surface area contributed by atoms with Gasteiger partial charge < -0.3 is 9.47 Å². The maximum Gasteiger partial charge on any atom is 0.168 e. The lowest BCUT2D eigenvalue weighted by Crippen LogP contribution is -2.47. The molecule has 2 nitrogen and oxygen atoms in total. The van der Waals surface area contributed by atoms with Crippen LogP contribution in [0.2, 0.25) is 0 Å². The maximum atomic E-state index is 6.04. The van der Waals surface area contributed by atoms with E-state index in [-0.39, 0.29) is 11.2 Å². The highest BCUT2D eigenvalue weighted by Gasteiger charge is 2.39. The molecule has 88 valence electrons. The third-order valence-electron chi connectivity index (χ3n) is 3.57. The van der Waals surface area contributed by atoms with E-state index in [9.17, 15) is 0 Å². The first kappa shape index (κ1) is 11.4. The van der Waals surface area contributed by atoms with E-state index in [1.807, 2.05) is 0 Å². The quantitative estimate of drug-likeness (QED) is 0.612. The van der Waals surface area contributed by atoms with E-state index < -0.39 is 0 Å². The Kier molecular flexibility index (Phi) is 3.36. The van der Waals surface area contributed by atoms with Crippen molar-refractivity contribution in [1.29, 1.82) is 0 Å². The first-order valence-corrected chi connectivity index (χ1v) is 6.40. The molecule has 0 unspecified atom stereocenters. The summed E-state index contributed by atoms with van der Waals surface area (Å²) in [5.41, 5.74) is 0.202. The average molecular weight is 212 g/mol. The van der Waals surface area contributed by atoms with Gasteiger partial charge in [-0.3, -0.25) is 0 Å². The van der Waals surface area contributed by atoms with Gasteiger partial charge in [-0.05, 0) is 12.8 Å². The molecule has 2 aliphatic rings. The molecule has 1 aliphatic heterocycles. The van der Waals surface area contributed by atoms with Crippen molar-refractivity contribution in [2.75, 3.05) is 13.2 Å². The summed E-state index contributed by atoms with van der Waals surface area (Å²) in [6.07, 6.45) is 8.81. The standard InChI is InChI=1S/C13H24O2/c1-12(2)10-14-13(15-11-12)8-6-4-3-5-7-9-13/h3-11H2,1-2H3. The summed E-state index contributed by atoms with van der Waals surface area (Å²) in [6, 6.07) is 0. The lowest BCUT2D eigenvalue weighted by atomic mass is 9.90. The molecule has 0 N–H and O–H groups in total. The van der Waals surface area contributed by atoms with E-state index in [1.54, 1.807) is 0 Å². The fourth-order valence-electron chi connectivity index (χ4n) is 2.47. The molecule has 0 atom stereocenters. The second-order valence-electron chi connectivity index (χ2n) is 5.92. The lowest BCUT2D eigenvalue weighted by molar-refractivity contribution is -0.306. The normalized spacial score (nSPS) is 30.8. The molecule has 2 heteroatoms. The summed E-state index contributed by atoms with van der Waals surface area (Å²) in [6.45, 7) is 6.13. The van der Waals surface area contributed by atoms with Gasteiger partial charge in [-0.25, -0.2) is 0 Å². The van der Waals surface area contributed by atoms with Crippen molar-refractivity contribution in [3.05, 3.63) is 0 Å². The van der Waals surface area contributed by atoms with Crippen molar-refractivity contribution in [1.82, 2.24) is 0 Å². The van der Waals surface area contributed by atoms with Crippen molar-refractivity contribution in [2.45, 2.75) is 64.6 Å². The Balaban J connectivity index is 1.93. The minimum Gasteiger partial charge on any atom is -0.349 e. The molecule has 1 spiro atoms. The van der Waals surface area contributed by atoms with Crippen molar-refractivity contribution >= 4 is 0 Å². The fraction of sp³-hybridized carbons (Fsp3) is 1.00. The highest BCUT2D eigenvalue weighted by molar-refractivity contribution is 4.81. The van der Waals surface area contributed by atoms with Crippen LogP contribution in [0.15, 0.2) is 0 Å². The van der Waals surface area contributed by atoms with Gasteiger partial charge in [-0.15, -0.1) is 0 Å². The maximum absolute atomic E-state index is 6.04. The Morgan fingerprint density at radius 2 is 1.20 bits per heavy atom. The second-order valence-corrected chi connectivity index (χ2v) is 5.92. The Bertz CT molecular complexity index is 191. The van der Waals surface area contributed by atoms with Crippen LogP contribution in [0.25, 0.3) is 0 Å². The molecule has 1 saturated heterocycles. The van der Waals surface area contributed by atoms with Gasteiger partial charge in [0.25, 0.3) is 0 Å². The predicted octanol–water partition coefficient (Wildman–Crippen LogP) is 3.50. The molecule has 1 aliphatic carbocycles. The highest BCUT2D eigenvalue weighted by atomic mass is 16.7. The van der Waals surface area contributed by atoms with Gasteiger partial charge in [0.05, 0.1) is 13.2 Å². The third kappa shape index (κ3) is 2.94. The van der Waals surface area contributed by atoms with Crippen LogP contribution < -0.4 is 0 Å². The summed E-state index contributed by atoms with van der Waals surface area (Å²) >= 11 is 0. The van der Waals surface area contributed by atoms with E-state index in [1.165, 1.54) is 32.1 Å². The number of ether oxygens (including phenoxy) is 2. The van der Waals surface area contributed by atoms with Gasteiger partial charge in [-0.1, -0.05) is 33.1 Å². The first-order valence-electron chi connectivity index (χ1n) is 6.40. The molecule has 1 heterocycles. The largest absolute Gasteiger partial charge is 0.349 e. The zero-order valence-corrected chi connectivity index (χ0v) is 10.2. The number of hydrogen-bond acceptors (Lipinski definition) is 2. The topological polar surface area (TPSA) is 18.5 Å². The first-order chi connectivity index (χ1) is 7.12. The molecule has 0 aromatic carbocycles. The van der Waals surface area contributed by atoms with E-state index >= 15 is 0 Å². The zero-order valence-electron chi connectivity index (χ0n) is 10.2. The zero-order chi connectivity index (χ0) is 10.8. The summed E-state index contributed by atoms with van der Waals surface area (Å²) in [5.74, 6) is -0.212. The van der Waals surface area contributed by atoms with E-state index in [4.69, 9.17) is 9.47 Å². The molecular formula is C13H24O2. The van der Waals surface area contributed by atoms with E-state index in [0.29, 0.717) is 0 Å². The van der Waals surface area contributed by atoms with Crippen LogP contribution in [-0.2, 0) is 9.47 Å². The van der Waals surface area contributed by atoms with Gasteiger partial charge >= 0.3 is 0 Å². The van der Waals surface area contributed by atoms with Crippen LogP contribution in [0.3, 0.4) is 0 Å². The summed E-state index contributed by atoms with van der Waals surface area (Å²) < 4.78 is 12.1. The molecular weight excluding hydrogens is 188 g/mol. The monoisotopic (exact) mass is 212 g/mol. The Labute approximate surface area is 93.3 Å². The summed E-state index contributed by atoms with van der Waals surface area (Å²) in [5, 5.41) is 0. The Morgan fingerprint density at radius 3 is 1.73 bits per heavy atom. The molecule has 0 aromatic heterocycles. The molecule has 2 fully saturated rings. The SMILES string of the molecule is CC1(C)COC2(CCCCCCC2)OC1. The van der Waals surface area contributed by atoms with Gasteiger partial charge in [0.2, 0.25) is 0 Å². The number of rotatable bonds is 0. The summed E-state index contributed by atoms with van der Waals surface area (Å²) in [7, 11) is 0. The van der Waals surface area contributed by atoms with Crippen LogP contribution in [0.4, 0.5) is 0 Å². The molecule has 15 heavy (non-hydrogen) atoms. The highest BCUT2D eigenvalue weighted by Crippen LogP contribution is 2.37. The van der Waals surface area contributed by atoms with Crippen LogP contribution in [0.5, 0.6) is 0 Å². The Morgan fingerprint density at radius 1 is 0.733 bits per heavy atom. The van der Waals surface area contributed by atoms with Gasteiger partial charge in [0, 0.05) is 18.3 Å². The van der Waals surface area contributed by atoms with E-state index in [2.05, 4.69) is 13.8 Å². The minimum atomic E-state index is -0.212. The van der Waals surface area contributed by atoms with E-state index in [0.717, 1.165) is 26.1 Å². The average Bonchev–Trinajstić information content (AvgIpc) is 2.15. The predicted molar refractivity (Wildman–Crippen MR) is 60.7 cm³/mol.